The number of benzene rings is 2. The summed E-state index contributed by atoms with van der Waals surface area (Å²) in [5, 5.41) is 0.628. The number of halogens is 1. The molecule has 0 aliphatic carbocycles. The molecule has 118 valence electrons. The lowest BCUT2D eigenvalue weighted by Gasteiger charge is -2.17. The van der Waals surface area contributed by atoms with Gasteiger partial charge in [-0.15, -0.1) is 0 Å². The molecule has 0 aromatic heterocycles. The average Bonchev–Trinajstić information content (AvgIpc) is 2.48. The van der Waals surface area contributed by atoms with Gasteiger partial charge in [-0.05, 0) is 42.4 Å². The van der Waals surface area contributed by atoms with Crippen molar-refractivity contribution in [1.29, 1.82) is 0 Å². The molecule has 2 aromatic carbocycles. The molecule has 5 heteroatoms. The van der Waals surface area contributed by atoms with Crippen LogP contribution < -0.4 is 4.74 Å². The normalized spacial score (nSPS) is 12.4. The first-order valence-electron chi connectivity index (χ1n) is 6.93. The Bertz CT molecular complexity index is 658. The molecule has 0 unspecified atom stereocenters. The highest BCUT2D eigenvalue weighted by atomic mass is 35.5. The minimum atomic E-state index is -0.927. The Morgan fingerprint density at radius 3 is 2.23 bits per heavy atom. The van der Waals surface area contributed by atoms with E-state index in [0.29, 0.717) is 10.8 Å². The number of methoxy groups -OCH3 is 1. The number of hydrogen-bond acceptors (Lipinski definition) is 3. The van der Waals surface area contributed by atoms with Crippen molar-refractivity contribution < 1.29 is 8.95 Å². The zero-order valence-corrected chi connectivity index (χ0v) is 14.6. The van der Waals surface area contributed by atoms with Crippen molar-refractivity contribution in [3.63, 3.8) is 0 Å². The SMILES string of the molecule is COc1ccc(CN(C)Cc2ccc([S@@](C)=O)cc2)cc1Cl. The van der Waals surface area contributed by atoms with Crippen LogP contribution in [0.25, 0.3) is 0 Å². The quantitative estimate of drug-likeness (QED) is 0.804. The van der Waals surface area contributed by atoms with E-state index in [1.54, 1.807) is 13.4 Å². The van der Waals surface area contributed by atoms with Crippen LogP contribution in [0.5, 0.6) is 5.75 Å². The van der Waals surface area contributed by atoms with Gasteiger partial charge < -0.3 is 4.74 Å². The highest BCUT2D eigenvalue weighted by Gasteiger charge is 2.06. The van der Waals surface area contributed by atoms with Crippen LogP contribution in [0, 0.1) is 0 Å². The Morgan fingerprint density at radius 1 is 1.09 bits per heavy atom. The molecule has 0 amide bonds. The summed E-state index contributed by atoms with van der Waals surface area (Å²) >= 11 is 6.15. The first-order chi connectivity index (χ1) is 10.5. The third-order valence-corrected chi connectivity index (χ3v) is 4.61. The van der Waals surface area contributed by atoms with E-state index in [9.17, 15) is 4.21 Å². The molecule has 3 nitrogen and oxygen atoms in total. The number of nitrogens with zero attached hydrogens (tertiary/aromatic N) is 1. The molecule has 0 aliphatic heterocycles. The maximum atomic E-state index is 11.4. The van der Waals surface area contributed by atoms with Crippen molar-refractivity contribution in [2.75, 3.05) is 20.4 Å². The molecule has 0 radical (unpaired) electrons. The van der Waals surface area contributed by atoms with Crippen LogP contribution in [0.15, 0.2) is 47.4 Å². The lowest BCUT2D eigenvalue weighted by molar-refractivity contribution is 0.319. The van der Waals surface area contributed by atoms with E-state index in [-0.39, 0.29) is 0 Å². The Labute approximate surface area is 139 Å². The summed E-state index contributed by atoms with van der Waals surface area (Å²) in [4.78, 5) is 3.06. The van der Waals surface area contributed by atoms with Gasteiger partial charge in [-0.2, -0.15) is 0 Å². The van der Waals surface area contributed by atoms with Crippen LogP contribution in [0.1, 0.15) is 11.1 Å². The lowest BCUT2D eigenvalue weighted by Crippen LogP contribution is -2.17. The lowest BCUT2D eigenvalue weighted by atomic mass is 10.1. The smallest absolute Gasteiger partial charge is 0.137 e. The van der Waals surface area contributed by atoms with E-state index >= 15 is 0 Å². The average molecular weight is 338 g/mol. The van der Waals surface area contributed by atoms with Gasteiger partial charge >= 0.3 is 0 Å². The Morgan fingerprint density at radius 2 is 1.68 bits per heavy atom. The van der Waals surface area contributed by atoms with E-state index in [0.717, 1.165) is 23.5 Å². The Balaban J connectivity index is 1.99. The van der Waals surface area contributed by atoms with Gasteiger partial charge in [0.1, 0.15) is 5.75 Å². The summed E-state index contributed by atoms with van der Waals surface area (Å²) in [6.45, 7) is 1.62. The van der Waals surface area contributed by atoms with Gasteiger partial charge in [0.15, 0.2) is 0 Å². The molecule has 0 aliphatic rings. The zero-order valence-electron chi connectivity index (χ0n) is 13.0. The summed E-state index contributed by atoms with van der Waals surface area (Å²) < 4.78 is 16.5. The van der Waals surface area contributed by atoms with E-state index in [4.69, 9.17) is 16.3 Å². The molecule has 0 fully saturated rings. The predicted octanol–water partition coefficient (Wildman–Crippen LogP) is 3.72. The molecular weight excluding hydrogens is 318 g/mol. The van der Waals surface area contributed by atoms with Gasteiger partial charge in [-0.3, -0.25) is 9.11 Å². The molecule has 0 saturated heterocycles. The predicted molar refractivity (Wildman–Crippen MR) is 91.9 cm³/mol. The second-order valence-corrected chi connectivity index (χ2v) is 7.03. The maximum Gasteiger partial charge on any atom is 0.137 e. The van der Waals surface area contributed by atoms with Gasteiger partial charge in [-0.25, -0.2) is 0 Å². The second-order valence-electron chi connectivity index (χ2n) is 5.24. The third-order valence-electron chi connectivity index (χ3n) is 3.38. The zero-order chi connectivity index (χ0) is 16.1. The Hall–Kier alpha value is -1.36. The van der Waals surface area contributed by atoms with Gasteiger partial charge in [-0.1, -0.05) is 29.8 Å². The summed E-state index contributed by atoms with van der Waals surface area (Å²) in [5.41, 5.74) is 2.33. The van der Waals surface area contributed by atoms with Crippen LogP contribution in [0.2, 0.25) is 5.02 Å². The number of hydrogen-bond donors (Lipinski definition) is 0. The van der Waals surface area contributed by atoms with E-state index in [1.165, 1.54) is 5.56 Å². The van der Waals surface area contributed by atoms with Crippen molar-refractivity contribution in [3.8, 4) is 5.75 Å². The van der Waals surface area contributed by atoms with Crippen molar-refractivity contribution in [3.05, 3.63) is 58.6 Å². The molecule has 2 aromatic rings. The Kier molecular flexibility index (Phi) is 6.00. The topological polar surface area (TPSA) is 29.5 Å². The van der Waals surface area contributed by atoms with Crippen molar-refractivity contribution in [2.45, 2.75) is 18.0 Å². The van der Waals surface area contributed by atoms with Gasteiger partial charge in [0.2, 0.25) is 0 Å². The van der Waals surface area contributed by atoms with E-state index in [1.807, 2.05) is 42.5 Å². The minimum absolute atomic E-state index is 0.628. The van der Waals surface area contributed by atoms with Gasteiger partial charge in [0.25, 0.3) is 0 Å². The number of rotatable bonds is 6. The fourth-order valence-corrected chi connectivity index (χ4v) is 3.07. The second kappa shape index (κ2) is 7.77. The molecule has 0 spiro atoms. The van der Waals surface area contributed by atoms with Crippen LogP contribution in [0.3, 0.4) is 0 Å². The van der Waals surface area contributed by atoms with Crippen molar-refractivity contribution >= 4 is 22.4 Å². The summed E-state index contributed by atoms with van der Waals surface area (Å²) in [7, 11) is 2.74. The summed E-state index contributed by atoms with van der Waals surface area (Å²) in [6.07, 6.45) is 1.69. The van der Waals surface area contributed by atoms with Gasteiger partial charge in [0.05, 0.1) is 12.1 Å². The molecule has 22 heavy (non-hydrogen) atoms. The molecular formula is C17H20ClNO2S. The third kappa shape index (κ3) is 4.57. The maximum absolute atomic E-state index is 11.4. The molecule has 0 heterocycles. The van der Waals surface area contributed by atoms with Crippen LogP contribution in [-0.4, -0.2) is 29.5 Å². The molecule has 0 N–H and O–H groups in total. The minimum Gasteiger partial charge on any atom is -0.495 e. The first kappa shape index (κ1) is 17.0. The van der Waals surface area contributed by atoms with E-state index in [2.05, 4.69) is 11.9 Å². The van der Waals surface area contributed by atoms with Crippen LogP contribution in [0.4, 0.5) is 0 Å². The highest BCUT2D eigenvalue weighted by molar-refractivity contribution is 7.84. The van der Waals surface area contributed by atoms with Gasteiger partial charge in [0, 0.05) is 35.0 Å². The largest absolute Gasteiger partial charge is 0.495 e. The highest BCUT2D eigenvalue weighted by Crippen LogP contribution is 2.25. The van der Waals surface area contributed by atoms with Crippen LogP contribution >= 0.6 is 11.6 Å². The molecule has 0 saturated carbocycles. The van der Waals surface area contributed by atoms with E-state index < -0.39 is 10.8 Å². The number of ether oxygens (including phenoxy) is 1. The van der Waals surface area contributed by atoms with Crippen molar-refractivity contribution in [1.82, 2.24) is 4.90 Å². The fraction of sp³-hybridized carbons (Fsp3) is 0.294. The fourth-order valence-electron chi connectivity index (χ4n) is 2.27. The van der Waals surface area contributed by atoms with Crippen LogP contribution in [-0.2, 0) is 23.9 Å². The molecule has 1 atom stereocenters. The van der Waals surface area contributed by atoms with Crippen molar-refractivity contribution in [2.24, 2.45) is 0 Å². The first-order valence-corrected chi connectivity index (χ1v) is 8.86. The summed E-state index contributed by atoms with van der Waals surface area (Å²) in [5.74, 6) is 0.691. The summed E-state index contributed by atoms with van der Waals surface area (Å²) in [6, 6.07) is 13.7. The monoisotopic (exact) mass is 337 g/mol. The molecule has 0 bridgehead atoms. The molecule has 2 rings (SSSR count). The standard InChI is InChI=1S/C17H20ClNO2S/c1-19(11-13-4-7-15(8-5-13)22(3)20)12-14-6-9-17(21-2)16(18)10-14/h4-10H,11-12H2,1-3H3/t22-/m1/s1.